The third kappa shape index (κ3) is 3.98. The summed E-state index contributed by atoms with van der Waals surface area (Å²) in [4.78, 5) is 4.65. The summed E-state index contributed by atoms with van der Waals surface area (Å²) in [6, 6.07) is 0. The Bertz CT molecular complexity index is 32.0. The van der Waals surface area contributed by atoms with Gasteiger partial charge in [0.1, 0.15) is 7.85 Å². The molecule has 0 aliphatic carbocycles. The molecule has 3 heteroatoms. The molecule has 0 spiro atoms. The van der Waals surface area contributed by atoms with E-state index in [4.69, 9.17) is 7.85 Å². The lowest BCUT2D eigenvalue weighted by molar-refractivity contribution is -0.0969. The van der Waals surface area contributed by atoms with E-state index in [9.17, 15) is 0 Å². The zero-order valence-corrected chi connectivity index (χ0v) is 4.14. The number of hydrogen-bond acceptors (Lipinski definition) is 2. The zero-order valence-electron chi connectivity index (χ0n) is 4.14. The van der Waals surface area contributed by atoms with E-state index in [2.05, 4.69) is 4.84 Å². The minimum atomic E-state index is 0.257. The molecule has 0 unspecified atom stereocenters. The third-order valence-electron chi connectivity index (χ3n) is 0.333. The lowest BCUT2D eigenvalue weighted by Crippen LogP contribution is -2.12. The van der Waals surface area contributed by atoms with Crippen molar-refractivity contribution in [1.29, 1.82) is 0 Å². The molecule has 0 aromatic rings. The summed E-state index contributed by atoms with van der Waals surface area (Å²) in [6.45, 7) is 0.257. The second-order valence-electron chi connectivity index (χ2n) is 1.11. The highest BCUT2D eigenvalue weighted by molar-refractivity contribution is 6.08. The van der Waals surface area contributed by atoms with Gasteiger partial charge in [0.25, 0.3) is 0 Å². The van der Waals surface area contributed by atoms with Crippen molar-refractivity contribution >= 4 is 7.85 Å². The van der Waals surface area contributed by atoms with Crippen molar-refractivity contribution < 1.29 is 4.84 Å². The fourth-order valence-corrected chi connectivity index (χ4v) is 0.149. The van der Waals surface area contributed by atoms with Gasteiger partial charge in [0.05, 0.1) is 0 Å². The highest BCUT2D eigenvalue weighted by Crippen LogP contribution is 1.69. The van der Waals surface area contributed by atoms with Crippen LogP contribution in [0.3, 0.4) is 0 Å². The topological polar surface area (TPSA) is 12.5 Å². The predicted molar refractivity (Wildman–Crippen MR) is 25.4 cm³/mol. The van der Waals surface area contributed by atoms with Crippen molar-refractivity contribution in [3.63, 3.8) is 0 Å². The summed E-state index contributed by atoms with van der Waals surface area (Å²) >= 11 is 0. The molecule has 0 aromatic carbocycles. The summed E-state index contributed by atoms with van der Waals surface area (Å²) < 4.78 is 0. The normalized spacial score (nSPS) is 9.83. The summed E-state index contributed by atoms with van der Waals surface area (Å²) in [5.41, 5.74) is 0. The van der Waals surface area contributed by atoms with Gasteiger partial charge in [-0.3, -0.25) is 0 Å². The molecule has 0 aromatic heterocycles. The molecule has 0 bridgehead atoms. The molecule has 0 N–H and O–H groups in total. The molecule has 6 heavy (non-hydrogen) atoms. The average Bonchev–Trinajstić information content (AvgIpc) is 1.35. The Kier molecular flexibility index (Phi) is 3.18. The number of nitrogens with zero attached hydrogens (tertiary/aromatic N) is 1. The third-order valence-corrected chi connectivity index (χ3v) is 0.333. The Morgan fingerprint density at radius 2 is 2.17 bits per heavy atom. The first-order valence-electron chi connectivity index (χ1n) is 1.77. The Morgan fingerprint density at radius 3 is 2.17 bits per heavy atom. The van der Waals surface area contributed by atoms with Crippen LogP contribution in [0, 0.1) is 0 Å². The molecule has 34 valence electrons. The summed E-state index contributed by atoms with van der Waals surface area (Å²) in [5, 5.41) is 1.56. The maximum absolute atomic E-state index is 4.97. The van der Waals surface area contributed by atoms with Crippen molar-refractivity contribution in [2.75, 3.05) is 20.6 Å². The van der Waals surface area contributed by atoms with E-state index in [0.717, 1.165) is 0 Å². The van der Waals surface area contributed by atoms with E-state index in [0.29, 0.717) is 0 Å². The molecule has 0 saturated carbocycles. The van der Waals surface area contributed by atoms with Gasteiger partial charge in [-0.2, -0.15) is 5.06 Å². The average molecular weight is 84.9 g/mol. The Balaban J connectivity index is 2.63. The Hall–Kier alpha value is -0.0151. The maximum atomic E-state index is 4.97. The van der Waals surface area contributed by atoms with Crippen LogP contribution in [0.4, 0.5) is 0 Å². The monoisotopic (exact) mass is 85.1 g/mol. The fourth-order valence-electron chi connectivity index (χ4n) is 0.149. The van der Waals surface area contributed by atoms with Crippen molar-refractivity contribution in [2.45, 2.75) is 0 Å². The smallest absolute Gasteiger partial charge is 0.107 e. The van der Waals surface area contributed by atoms with Crippen LogP contribution in [0.25, 0.3) is 0 Å². The molecule has 2 radical (unpaired) electrons. The van der Waals surface area contributed by atoms with Crippen molar-refractivity contribution in [2.24, 2.45) is 0 Å². The van der Waals surface area contributed by atoms with Gasteiger partial charge < -0.3 is 4.84 Å². The van der Waals surface area contributed by atoms with E-state index < -0.39 is 0 Å². The van der Waals surface area contributed by atoms with Crippen molar-refractivity contribution in [3.8, 4) is 0 Å². The second-order valence-corrected chi connectivity index (χ2v) is 1.11. The summed E-state index contributed by atoms with van der Waals surface area (Å²) in [6.07, 6.45) is 0. The molecule has 0 rings (SSSR count). The van der Waals surface area contributed by atoms with Crippen LogP contribution >= 0.6 is 0 Å². The first kappa shape index (κ1) is 5.98. The second kappa shape index (κ2) is 3.19. The molecular formula is C3H8BNO. The van der Waals surface area contributed by atoms with Crippen LogP contribution in [-0.2, 0) is 4.84 Å². The molecule has 0 fully saturated rings. The van der Waals surface area contributed by atoms with E-state index in [-0.39, 0.29) is 6.51 Å². The largest absolute Gasteiger partial charge is 0.309 e. The molecule has 0 saturated heterocycles. The van der Waals surface area contributed by atoms with Crippen molar-refractivity contribution in [1.82, 2.24) is 5.06 Å². The first-order chi connectivity index (χ1) is 2.77. The first-order valence-corrected chi connectivity index (χ1v) is 1.77. The molecule has 2 nitrogen and oxygen atoms in total. The van der Waals surface area contributed by atoms with Gasteiger partial charge in [-0.05, 0) is 0 Å². The van der Waals surface area contributed by atoms with Crippen LogP contribution in [0.2, 0.25) is 0 Å². The summed E-state index contributed by atoms with van der Waals surface area (Å²) in [7, 11) is 8.53. The highest BCUT2D eigenvalue weighted by atomic mass is 16.7. The van der Waals surface area contributed by atoms with E-state index in [1.807, 2.05) is 0 Å². The van der Waals surface area contributed by atoms with Crippen molar-refractivity contribution in [3.05, 3.63) is 0 Å². The minimum Gasteiger partial charge on any atom is -0.309 e. The quantitative estimate of drug-likeness (QED) is 0.334. The van der Waals surface area contributed by atoms with Crippen LogP contribution < -0.4 is 0 Å². The van der Waals surface area contributed by atoms with Crippen LogP contribution in [-0.4, -0.2) is 33.5 Å². The fraction of sp³-hybridized carbons (Fsp3) is 1.00. The van der Waals surface area contributed by atoms with Crippen LogP contribution in [0.15, 0.2) is 0 Å². The molecule has 0 atom stereocenters. The maximum Gasteiger partial charge on any atom is 0.107 e. The number of hydrogen-bond donors (Lipinski definition) is 0. The molecular weight excluding hydrogens is 76.9 g/mol. The standard InChI is InChI=1S/C3H8BNO/c1-5(2)6-3-4/h3H2,1-2H3. The Morgan fingerprint density at radius 1 is 1.67 bits per heavy atom. The number of hydroxylamine groups is 2. The zero-order chi connectivity index (χ0) is 4.99. The lowest BCUT2D eigenvalue weighted by Gasteiger charge is -2.05. The predicted octanol–water partition coefficient (Wildman–Crippen LogP) is -0.394. The van der Waals surface area contributed by atoms with E-state index >= 15 is 0 Å². The van der Waals surface area contributed by atoms with Gasteiger partial charge in [0.15, 0.2) is 0 Å². The van der Waals surface area contributed by atoms with E-state index in [1.54, 1.807) is 19.2 Å². The molecule has 0 aliphatic rings. The van der Waals surface area contributed by atoms with Gasteiger partial charge >= 0.3 is 0 Å². The van der Waals surface area contributed by atoms with Gasteiger partial charge in [-0.1, -0.05) is 0 Å². The highest BCUT2D eigenvalue weighted by Gasteiger charge is 1.77. The molecule has 0 heterocycles. The number of rotatable bonds is 2. The lowest BCUT2D eigenvalue weighted by atomic mass is 10.2. The molecule has 0 amide bonds. The van der Waals surface area contributed by atoms with Gasteiger partial charge in [0, 0.05) is 20.6 Å². The van der Waals surface area contributed by atoms with Gasteiger partial charge in [0.2, 0.25) is 0 Å². The van der Waals surface area contributed by atoms with Crippen LogP contribution in [0.5, 0.6) is 0 Å². The summed E-state index contributed by atoms with van der Waals surface area (Å²) in [5.74, 6) is 0. The van der Waals surface area contributed by atoms with E-state index in [1.165, 1.54) is 0 Å². The van der Waals surface area contributed by atoms with Gasteiger partial charge in [-0.15, -0.1) is 0 Å². The van der Waals surface area contributed by atoms with Crippen LogP contribution in [0.1, 0.15) is 0 Å². The Labute approximate surface area is 39.4 Å². The molecule has 0 aliphatic heterocycles. The van der Waals surface area contributed by atoms with Gasteiger partial charge in [-0.25, -0.2) is 0 Å². The minimum absolute atomic E-state index is 0.257. The SMILES string of the molecule is [B]CON(C)C.